The lowest BCUT2D eigenvalue weighted by atomic mass is 10.0. The normalized spacial score (nSPS) is 25.2. The van der Waals surface area contributed by atoms with E-state index in [0.29, 0.717) is 30.6 Å². The Bertz CT molecular complexity index is 741. The number of carbonyl (C=O) groups is 2. The first kappa shape index (κ1) is 14.9. The van der Waals surface area contributed by atoms with Crippen molar-refractivity contribution in [2.24, 2.45) is 11.8 Å². The molecule has 6 nitrogen and oxygen atoms in total. The van der Waals surface area contributed by atoms with Crippen molar-refractivity contribution in [3.8, 4) is 0 Å². The number of fused-ring (bicyclic) bond motifs is 2. The third-order valence-electron chi connectivity index (χ3n) is 4.88. The highest BCUT2D eigenvalue weighted by molar-refractivity contribution is 5.95. The smallest absolute Gasteiger partial charge is 0.246 e. The summed E-state index contributed by atoms with van der Waals surface area (Å²) in [7, 11) is 0. The molecule has 2 amide bonds. The van der Waals surface area contributed by atoms with Crippen molar-refractivity contribution in [1.82, 2.24) is 9.88 Å². The summed E-state index contributed by atoms with van der Waals surface area (Å²) in [4.78, 5) is 30.1. The Morgan fingerprint density at radius 1 is 1.38 bits per heavy atom. The number of aromatic nitrogens is 1. The fraction of sp³-hybridized carbons (Fsp3) is 0.389. The van der Waals surface area contributed by atoms with E-state index in [0.717, 1.165) is 30.8 Å². The first-order chi connectivity index (χ1) is 11.7. The molecule has 4 rings (SSSR count). The SMILES string of the molecule is O=C1CCNc2cc(/C=C/C(=O)N3C[C@H]4CC=C[C@H]4C3)cnc2N1. The molecule has 3 aliphatic rings. The molecular formula is C18H20N4O2. The quantitative estimate of drug-likeness (QED) is 0.643. The van der Waals surface area contributed by atoms with Gasteiger partial charge < -0.3 is 15.5 Å². The van der Waals surface area contributed by atoms with E-state index in [9.17, 15) is 9.59 Å². The summed E-state index contributed by atoms with van der Waals surface area (Å²) in [6, 6.07) is 1.90. The fourth-order valence-corrected chi connectivity index (χ4v) is 3.56. The van der Waals surface area contributed by atoms with E-state index in [1.54, 1.807) is 18.3 Å². The van der Waals surface area contributed by atoms with Gasteiger partial charge in [0.15, 0.2) is 5.82 Å². The van der Waals surface area contributed by atoms with Gasteiger partial charge in [0, 0.05) is 38.3 Å². The zero-order valence-corrected chi connectivity index (χ0v) is 13.4. The number of pyridine rings is 1. The van der Waals surface area contributed by atoms with Gasteiger partial charge in [-0.2, -0.15) is 0 Å². The zero-order chi connectivity index (χ0) is 16.5. The second kappa shape index (κ2) is 6.11. The molecule has 124 valence electrons. The molecule has 2 atom stereocenters. The van der Waals surface area contributed by atoms with Crippen molar-refractivity contribution in [1.29, 1.82) is 0 Å². The topological polar surface area (TPSA) is 74.3 Å². The highest BCUT2D eigenvalue weighted by Gasteiger charge is 2.34. The molecule has 0 bridgehead atoms. The van der Waals surface area contributed by atoms with E-state index < -0.39 is 0 Å². The minimum absolute atomic E-state index is 0.0409. The average Bonchev–Trinajstić information content (AvgIpc) is 3.11. The van der Waals surface area contributed by atoms with Gasteiger partial charge in [-0.05, 0) is 36.0 Å². The number of allylic oxidation sites excluding steroid dienone is 1. The molecule has 0 spiro atoms. The number of anilines is 2. The lowest BCUT2D eigenvalue weighted by Gasteiger charge is -2.14. The van der Waals surface area contributed by atoms with Crippen LogP contribution in [0.2, 0.25) is 0 Å². The Labute approximate surface area is 140 Å². The van der Waals surface area contributed by atoms with E-state index in [1.807, 2.05) is 11.0 Å². The van der Waals surface area contributed by atoms with Gasteiger partial charge in [-0.15, -0.1) is 0 Å². The summed E-state index contributed by atoms with van der Waals surface area (Å²) < 4.78 is 0. The predicted octanol–water partition coefficient (Wildman–Crippen LogP) is 1.88. The third kappa shape index (κ3) is 2.91. The maximum atomic E-state index is 12.4. The number of amides is 2. The van der Waals surface area contributed by atoms with Gasteiger partial charge in [0.1, 0.15) is 0 Å². The van der Waals surface area contributed by atoms with Crippen molar-refractivity contribution in [3.63, 3.8) is 0 Å². The van der Waals surface area contributed by atoms with Gasteiger partial charge in [0.25, 0.3) is 0 Å². The van der Waals surface area contributed by atoms with Gasteiger partial charge in [-0.3, -0.25) is 9.59 Å². The van der Waals surface area contributed by atoms with Crippen LogP contribution in [0.5, 0.6) is 0 Å². The average molecular weight is 324 g/mol. The number of nitrogens with zero attached hydrogens (tertiary/aromatic N) is 2. The largest absolute Gasteiger partial charge is 0.382 e. The Kier molecular flexibility index (Phi) is 3.80. The second-order valence-corrected chi connectivity index (χ2v) is 6.55. The fourth-order valence-electron chi connectivity index (χ4n) is 3.56. The van der Waals surface area contributed by atoms with Gasteiger partial charge in [-0.25, -0.2) is 4.98 Å². The lowest BCUT2D eigenvalue weighted by molar-refractivity contribution is -0.125. The summed E-state index contributed by atoms with van der Waals surface area (Å²) >= 11 is 0. The standard InChI is InChI=1S/C18H20N4O2/c23-16-6-7-19-15-8-12(9-20-18(15)21-16)4-5-17(24)22-10-13-2-1-3-14(13)11-22/h1-2,4-5,8-9,13-14,19H,3,6-7,10-11H2,(H,20,21,23)/b5-4+/t13-,14+/m0/s1. The van der Waals surface area contributed by atoms with Crippen LogP contribution in [0.15, 0.2) is 30.5 Å². The summed E-state index contributed by atoms with van der Waals surface area (Å²) in [5, 5.41) is 5.95. The van der Waals surface area contributed by atoms with Gasteiger partial charge in [-0.1, -0.05) is 12.2 Å². The molecule has 24 heavy (non-hydrogen) atoms. The van der Waals surface area contributed by atoms with Crippen LogP contribution in [-0.2, 0) is 9.59 Å². The minimum atomic E-state index is -0.0409. The van der Waals surface area contributed by atoms with Crippen LogP contribution in [0.4, 0.5) is 11.5 Å². The zero-order valence-electron chi connectivity index (χ0n) is 13.4. The molecule has 6 heteroatoms. The number of hydrogen-bond acceptors (Lipinski definition) is 4. The molecule has 0 radical (unpaired) electrons. The molecule has 0 saturated carbocycles. The molecule has 2 aliphatic heterocycles. The van der Waals surface area contributed by atoms with E-state index in [2.05, 4.69) is 27.8 Å². The molecule has 1 fully saturated rings. The Hall–Kier alpha value is -2.63. The van der Waals surface area contributed by atoms with Crippen molar-refractivity contribution in [2.75, 3.05) is 30.3 Å². The summed E-state index contributed by atoms with van der Waals surface area (Å²) in [5.74, 6) is 1.68. The number of likely N-dealkylation sites (tertiary alicyclic amines) is 1. The highest BCUT2D eigenvalue weighted by atomic mass is 16.2. The minimum Gasteiger partial charge on any atom is -0.382 e. The van der Waals surface area contributed by atoms with Crippen LogP contribution >= 0.6 is 0 Å². The summed E-state index contributed by atoms with van der Waals surface area (Å²) in [6.45, 7) is 2.24. The summed E-state index contributed by atoms with van der Waals surface area (Å²) in [6.07, 6.45) is 11.0. The Morgan fingerprint density at radius 3 is 3.17 bits per heavy atom. The van der Waals surface area contributed by atoms with E-state index >= 15 is 0 Å². The van der Waals surface area contributed by atoms with E-state index in [4.69, 9.17) is 0 Å². The molecule has 1 aliphatic carbocycles. The number of nitrogens with one attached hydrogen (secondary N) is 2. The van der Waals surface area contributed by atoms with Crippen molar-refractivity contribution >= 4 is 29.4 Å². The number of rotatable bonds is 2. The highest BCUT2D eigenvalue weighted by Crippen LogP contribution is 2.32. The molecule has 0 aromatic carbocycles. The van der Waals surface area contributed by atoms with Crippen LogP contribution in [-0.4, -0.2) is 41.3 Å². The molecule has 1 saturated heterocycles. The van der Waals surface area contributed by atoms with Crippen molar-refractivity contribution < 1.29 is 9.59 Å². The second-order valence-electron chi connectivity index (χ2n) is 6.55. The van der Waals surface area contributed by atoms with Crippen LogP contribution < -0.4 is 10.6 Å². The Balaban J connectivity index is 1.44. The Morgan fingerprint density at radius 2 is 2.29 bits per heavy atom. The van der Waals surface area contributed by atoms with Crippen LogP contribution in [0.3, 0.4) is 0 Å². The maximum Gasteiger partial charge on any atom is 0.246 e. The van der Waals surface area contributed by atoms with E-state index in [-0.39, 0.29) is 11.8 Å². The predicted molar refractivity (Wildman–Crippen MR) is 92.3 cm³/mol. The maximum absolute atomic E-state index is 12.4. The van der Waals surface area contributed by atoms with Crippen molar-refractivity contribution in [2.45, 2.75) is 12.8 Å². The van der Waals surface area contributed by atoms with Crippen molar-refractivity contribution in [3.05, 3.63) is 36.1 Å². The van der Waals surface area contributed by atoms with E-state index in [1.165, 1.54) is 0 Å². The monoisotopic (exact) mass is 324 g/mol. The van der Waals surface area contributed by atoms with Gasteiger partial charge in [0.05, 0.1) is 5.69 Å². The van der Waals surface area contributed by atoms with Crippen LogP contribution in [0, 0.1) is 11.8 Å². The van der Waals surface area contributed by atoms with Gasteiger partial charge >= 0.3 is 0 Å². The lowest BCUT2D eigenvalue weighted by Crippen LogP contribution is -2.27. The van der Waals surface area contributed by atoms with Crippen LogP contribution in [0.25, 0.3) is 6.08 Å². The number of carbonyl (C=O) groups excluding carboxylic acids is 2. The third-order valence-corrected chi connectivity index (χ3v) is 4.88. The number of hydrogen-bond donors (Lipinski definition) is 2. The first-order valence-electron chi connectivity index (χ1n) is 8.36. The molecular weight excluding hydrogens is 304 g/mol. The summed E-state index contributed by atoms with van der Waals surface area (Å²) in [5.41, 5.74) is 1.63. The molecule has 3 heterocycles. The molecule has 1 aromatic heterocycles. The molecule has 2 N–H and O–H groups in total. The first-order valence-corrected chi connectivity index (χ1v) is 8.36. The molecule has 1 aromatic rings. The van der Waals surface area contributed by atoms with Crippen LogP contribution in [0.1, 0.15) is 18.4 Å². The van der Waals surface area contributed by atoms with Gasteiger partial charge in [0.2, 0.25) is 11.8 Å². The molecule has 0 unspecified atom stereocenters.